The van der Waals surface area contributed by atoms with Crippen LogP contribution in [0.5, 0.6) is 0 Å². The lowest BCUT2D eigenvalue weighted by atomic mass is 9.93. The molecule has 9 heteroatoms. The highest BCUT2D eigenvalue weighted by atomic mass is 32.2. The molecule has 0 saturated carbocycles. The first-order chi connectivity index (χ1) is 11.8. The first kappa shape index (κ1) is 17.9. The highest BCUT2D eigenvalue weighted by molar-refractivity contribution is 8.13. The molecule has 0 atom stereocenters. The van der Waals surface area contributed by atoms with Crippen molar-refractivity contribution in [2.45, 2.75) is 26.5 Å². The van der Waals surface area contributed by atoms with Gasteiger partial charge >= 0.3 is 5.97 Å². The minimum atomic E-state index is -0.445. The zero-order valence-electron chi connectivity index (χ0n) is 14.6. The van der Waals surface area contributed by atoms with Gasteiger partial charge in [-0.05, 0) is 12.5 Å². The number of hydrogen-bond donors (Lipinski definition) is 2. The first-order valence-corrected chi connectivity index (χ1v) is 9.63. The number of H-pyrrole nitrogens is 1. The Morgan fingerprint density at radius 2 is 2.20 bits per heavy atom. The lowest BCUT2D eigenvalue weighted by Crippen LogP contribution is -2.39. The van der Waals surface area contributed by atoms with Crippen LogP contribution in [0.1, 0.15) is 34.9 Å². The normalized spacial score (nSPS) is 16.4. The van der Waals surface area contributed by atoms with Gasteiger partial charge in [-0.15, -0.1) is 11.3 Å². The molecule has 0 fully saturated rings. The number of carbonyl (C=O) groups excluding carboxylic acids is 1. The molecule has 0 amide bonds. The summed E-state index contributed by atoms with van der Waals surface area (Å²) in [6.07, 6.45) is 0. The molecule has 2 aromatic heterocycles. The summed E-state index contributed by atoms with van der Waals surface area (Å²) in [5.41, 5.74) is 0.540. The number of hydrogen-bond acceptors (Lipinski definition) is 8. The van der Waals surface area contributed by atoms with Gasteiger partial charge < -0.3 is 15.0 Å². The number of nitrogens with one attached hydrogen (secondary N) is 2. The average molecular weight is 380 g/mol. The second-order valence-corrected chi connectivity index (χ2v) is 8.63. The van der Waals surface area contributed by atoms with Crippen LogP contribution in [0.25, 0.3) is 10.2 Å². The largest absolute Gasteiger partial charge is 0.465 e. The SMILES string of the molecule is COC(=O)c1sc2nc(CSC3=NCC(C)(C)CN3)[nH]c(=O)c2c1C. The molecule has 25 heavy (non-hydrogen) atoms. The van der Waals surface area contributed by atoms with Crippen molar-refractivity contribution >= 4 is 44.5 Å². The summed E-state index contributed by atoms with van der Waals surface area (Å²) in [5, 5.41) is 4.62. The predicted octanol–water partition coefficient (Wildman–Crippen LogP) is 2.30. The number of rotatable bonds is 3. The number of aryl methyl sites for hydroxylation is 1. The number of carbonyl (C=O) groups is 1. The van der Waals surface area contributed by atoms with E-state index in [1.165, 1.54) is 30.2 Å². The maximum atomic E-state index is 12.4. The first-order valence-electron chi connectivity index (χ1n) is 7.82. The number of nitrogens with zero attached hydrogens (tertiary/aromatic N) is 2. The van der Waals surface area contributed by atoms with E-state index in [1.54, 1.807) is 6.92 Å². The van der Waals surface area contributed by atoms with Gasteiger partial charge in [0.25, 0.3) is 5.56 Å². The Hall–Kier alpha value is -1.87. The second-order valence-electron chi connectivity index (χ2n) is 6.67. The Morgan fingerprint density at radius 1 is 1.44 bits per heavy atom. The molecule has 2 N–H and O–H groups in total. The van der Waals surface area contributed by atoms with E-state index in [1.807, 2.05) is 0 Å². The van der Waals surface area contributed by atoms with Crippen molar-refractivity contribution in [1.82, 2.24) is 15.3 Å². The van der Waals surface area contributed by atoms with Gasteiger partial charge in [0.05, 0.1) is 18.2 Å². The number of aromatic amines is 1. The maximum Gasteiger partial charge on any atom is 0.348 e. The minimum absolute atomic E-state index is 0.161. The van der Waals surface area contributed by atoms with E-state index in [9.17, 15) is 9.59 Å². The van der Waals surface area contributed by atoms with Crippen LogP contribution in [-0.2, 0) is 10.5 Å². The summed E-state index contributed by atoms with van der Waals surface area (Å²) in [5.74, 6) is 0.621. The fraction of sp³-hybridized carbons (Fsp3) is 0.500. The minimum Gasteiger partial charge on any atom is -0.465 e. The Morgan fingerprint density at radius 3 is 2.84 bits per heavy atom. The molecule has 3 rings (SSSR count). The molecule has 3 heterocycles. The molecule has 0 aromatic carbocycles. The van der Waals surface area contributed by atoms with Crippen molar-refractivity contribution in [3.05, 3.63) is 26.6 Å². The number of methoxy groups -OCH3 is 1. The zero-order valence-corrected chi connectivity index (χ0v) is 16.2. The average Bonchev–Trinajstić information content (AvgIpc) is 2.90. The number of fused-ring (bicyclic) bond motifs is 1. The van der Waals surface area contributed by atoms with Gasteiger partial charge in [0.2, 0.25) is 0 Å². The van der Waals surface area contributed by atoms with Crippen LogP contribution in [0.3, 0.4) is 0 Å². The molecule has 0 spiro atoms. The summed E-state index contributed by atoms with van der Waals surface area (Å²) in [6, 6.07) is 0. The number of aliphatic imine (C=N–C) groups is 1. The summed E-state index contributed by atoms with van der Waals surface area (Å²) in [6.45, 7) is 7.71. The summed E-state index contributed by atoms with van der Waals surface area (Å²) in [7, 11) is 1.32. The number of thioether (sulfide) groups is 1. The van der Waals surface area contributed by atoms with Crippen LogP contribution < -0.4 is 10.9 Å². The van der Waals surface area contributed by atoms with Crippen molar-refractivity contribution in [3.63, 3.8) is 0 Å². The molecule has 0 bridgehead atoms. The molecule has 0 radical (unpaired) electrons. The standard InChI is InChI=1S/C16H20N4O3S2/c1-8-10-12(21)19-9(20-13(10)25-11(8)14(22)23-4)5-24-15-17-6-16(2,3)7-18-15/h5-7H2,1-4H3,(H,17,18)(H,19,20,21). The molecule has 7 nitrogen and oxygen atoms in total. The van der Waals surface area contributed by atoms with Gasteiger partial charge in [-0.3, -0.25) is 9.79 Å². The Labute approximate surface area is 153 Å². The van der Waals surface area contributed by atoms with Crippen LogP contribution in [0.2, 0.25) is 0 Å². The monoisotopic (exact) mass is 380 g/mol. The molecule has 0 saturated heterocycles. The highest BCUT2D eigenvalue weighted by Gasteiger charge is 2.23. The van der Waals surface area contributed by atoms with Crippen molar-refractivity contribution in [1.29, 1.82) is 0 Å². The molecule has 134 valence electrons. The number of thiophene rings is 1. The summed E-state index contributed by atoms with van der Waals surface area (Å²) < 4.78 is 4.76. The lowest BCUT2D eigenvalue weighted by Gasteiger charge is -2.28. The fourth-order valence-electron chi connectivity index (χ4n) is 2.49. The van der Waals surface area contributed by atoms with E-state index in [-0.39, 0.29) is 11.0 Å². The Balaban J connectivity index is 1.83. The van der Waals surface area contributed by atoms with Gasteiger partial charge in [0, 0.05) is 18.5 Å². The smallest absolute Gasteiger partial charge is 0.348 e. The fourth-order valence-corrected chi connectivity index (χ4v) is 4.35. The van der Waals surface area contributed by atoms with Gasteiger partial charge in [-0.25, -0.2) is 9.78 Å². The van der Waals surface area contributed by atoms with Crippen LogP contribution in [0.15, 0.2) is 9.79 Å². The molecule has 2 aromatic rings. The third kappa shape index (κ3) is 3.72. The molecule has 1 aliphatic heterocycles. The van der Waals surface area contributed by atoms with Crippen LogP contribution >= 0.6 is 23.1 Å². The van der Waals surface area contributed by atoms with Gasteiger partial charge in [-0.2, -0.15) is 0 Å². The number of esters is 1. The van der Waals surface area contributed by atoms with Gasteiger partial charge in [0.15, 0.2) is 5.17 Å². The summed E-state index contributed by atoms with van der Waals surface area (Å²) >= 11 is 2.69. The van der Waals surface area contributed by atoms with Gasteiger partial charge in [0.1, 0.15) is 15.5 Å². The maximum absolute atomic E-state index is 12.4. The number of amidine groups is 1. The highest BCUT2D eigenvalue weighted by Crippen LogP contribution is 2.28. The van der Waals surface area contributed by atoms with Crippen molar-refractivity contribution in [2.75, 3.05) is 20.2 Å². The van der Waals surface area contributed by atoms with E-state index in [4.69, 9.17) is 4.74 Å². The van der Waals surface area contributed by atoms with Crippen molar-refractivity contribution in [2.24, 2.45) is 10.4 Å². The van der Waals surface area contributed by atoms with E-state index < -0.39 is 5.97 Å². The molecule has 0 aliphatic carbocycles. The van der Waals surface area contributed by atoms with Crippen molar-refractivity contribution < 1.29 is 9.53 Å². The molecule has 1 aliphatic rings. The number of ether oxygens (including phenoxy) is 1. The van der Waals surface area contributed by atoms with Gasteiger partial charge in [-0.1, -0.05) is 25.6 Å². The topological polar surface area (TPSA) is 96.4 Å². The second kappa shape index (κ2) is 6.80. The van der Waals surface area contributed by atoms with E-state index >= 15 is 0 Å². The Kier molecular flexibility index (Phi) is 4.88. The van der Waals surface area contributed by atoms with E-state index in [0.717, 1.165) is 18.3 Å². The lowest BCUT2D eigenvalue weighted by molar-refractivity contribution is 0.0605. The van der Waals surface area contributed by atoms with Crippen molar-refractivity contribution in [3.8, 4) is 0 Å². The number of aromatic nitrogens is 2. The van der Waals surface area contributed by atoms with Crippen LogP contribution in [0, 0.1) is 12.3 Å². The predicted molar refractivity (Wildman–Crippen MR) is 102 cm³/mol. The third-order valence-corrected chi connectivity index (χ3v) is 6.07. The van der Waals surface area contributed by atoms with Crippen LogP contribution in [-0.4, -0.2) is 41.3 Å². The third-order valence-electron chi connectivity index (χ3n) is 3.93. The zero-order chi connectivity index (χ0) is 18.2. The molecule has 0 unspecified atom stereocenters. The Bertz CT molecular complexity index is 914. The molecular weight excluding hydrogens is 360 g/mol. The van der Waals surface area contributed by atoms with E-state index in [2.05, 4.69) is 34.1 Å². The van der Waals surface area contributed by atoms with E-state index in [0.29, 0.717) is 32.2 Å². The summed E-state index contributed by atoms with van der Waals surface area (Å²) in [4.78, 5) is 37.0. The van der Waals surface area contributed by atoms with Crippen LogP contribution in [0.4, 0.5) is 0 Å². The molecular formula is C16H20N4O3S2. The quantitative estimate of drug-likeness (QED) is 0.793.